The molecule has 1 aromatic carbocycles. The third-order valence-corrected chi connectivity index (χ3v) is 4.19. The first-order valence-corrected chi connectivity index (χ1v) is 8.62. The molecule has 21 heavy (non-hydrogen) atoms. The first-order valence-electron chi connectivity index (χ1n) is 7.64. The van der Waals surface area contributed by atoms with E-state index in [0.717, 1.165) is 40.9 Å². The summed E-state index contributed by atoms with van der Waals surface area (Å²) in [4.78, 5) is 4.74. The third-order valence-electron chi connectivity index (χ3n) is 3.26. The van der Waals surface area contributed by atoms with E-state index in [1.807, 2.05) is 32.0 Å². The molecule has 2 rings (SSSR count). The lowest BCUT2D eigenvalue weighted by Crippen LogP contribution is -2.20. The van der Waals surface area contributed by atoms with E-state index in [0.29, 0.717) is 19.3 Å². The first-order chi connectivity index (χ1) is 10.3. The SMILES string of the molecule is CCOc1ccc(OCC)c(NC2=NC(CC)CCS2)c1. The van der Waals surface area contributed by atoms with E-state index < -0.39 is 0 Å². The average molecular weight is 308 g/mol. The average Bonchev–Trinajstić information content (AvgIpc) is 2.50. The monoisotopic (exact) mass is 308 g/mol. The molecule has 0 radical (unpaired) electrons. The number of thioether (sulfide) groups is 1. The fourth-order valence-electron chi connectivity index (χ4n) is 2.18. The zero-order valence-corrected chi connectivity index (χ0v) is 13.8. The molecule has 0 aromatic heterocycles. The molecule has 1 aliphatic heterocycles. The third kappa shape index (κ3) is 4.56. The maximum atomic E-state index is 5.68. The maximum absolute atomic E-state index is 5.68. The summed E-state index contributed by atoms with van der Waals surface area (Å²) in [6.07, 6.45) is 2.24. The van der Waals surface area contributed by atoms with Crippen LogP contribution in [0.4, 0.5) is 5.69 Å². The Morgan fingerprint density at radius 2 is 2.05 bits per heavy atom. The van der Waals surface area contributed by atoms with Gasteiger partial charge in [0.1, 0.15) is 11.5 Å². The highest BCUT2D eigenvalue weighted by Crippen LogP contribution is 2.31. The Morgan fingerprint density at radius 1 is 1.24 bits per heavy atom. The van der Waals surface area contributed by atoms with E-state index in [9.17, 15) is 0 Å². The number of hydrogen-bond donors (Lipinski definition) is 1. The number of amidine groups is 1. The van der Waals surface area contributed by atoms with Crippen LogP contribution < -0.4 is 14.8 Å². The van der Waals surface area contributed by atoms with Crippen molar-refractivity contribution in [2.75, 3.05) is 24.3 Å². The number of nitrogens with one attached hydrogen (secondary N) is 1. The summed E-state index contributed by atoms with van der Waals surface area (Å²) in [5, 5.41) is 4.38. The summed E-state index contributed by atoms with van der Waals surface area (Å²) in [5.41, 5.74) is 0.922. The van der Waals surface area contributed by atoms with Crippen molar-refractivity contribution in [1.29, 1.82) is 0 Å². The standard InChI is InChI=1S/C16H24N2O2S/c1-4-12-9-10-21-16(17-12)18-14-11-13(19-5-2)7-8-15(14)20-6-3/h7-8,11-12H,4-6,9-10H2,1-3H3,(H,17,18). The molecule has 5 heteroatoms. The van der Waals surface area contributed by atoms with Crippen LogP contribution in [0.2, 0.25) is 0 Å². The quantitative estimate of drug-likeness (QED) is 0.856. The zero-order chi connectivity index (χ0) is 15.1. The second-order valence-corrected chi connectivity index (χ2v) is 5.87. The molecule has 0 saturated heterocycles. The fraction of sp³-hybridized carbons (Fsp3) is 0.562. The molecule has 4 nitrogen and oxygen atoms in total. The Bertz CT molecular complexity index is 491. The van der Waals surface area contributed by atoms with Gasteiger partial charge in [0, 0.05) is 11.8 Å². The summed E-state index contributed by atoms with van der Waals surface area (Å²) >= 11 is 1.77. The van der Waals surface area contributed by atoms with Crippen LogP contribution in [0.1, 0.15) is 33.6 Å². The van der Waals surface area contributed by atoms with Gasteiger partial charge in [0.2, 0.25) is 0 Å². The van der Waals surface area contributed by atoms with Crippen LogP contribution in [0.25, 0.3) is 0 Å². The van der Waals surface area contributed by atoms with Gasteiger partial charge in [-0.3, -0.25) is 4.99 Å². The molecule has 0 fully saturated rings. The van der Waals surface area contributed by atoms with Crippen molar-refractivity contribution in [2.24, 2.45) is 4.99 Å². The topological polar surface area (TPSA) is 42.9 Å². The van der Waals surface area contributed by atoms with Crippen LogP contribution in [0, 0.1) is 0 Å². The molecule has 1 aliphatic rings. The van der Waals surface area contributed by atoms with Crippen molar-refractivity contribution in [3.8, 4) is 11.5 Å². The fourth-order valence-corrected chi connectivity index (χ4v) is 3.17. The van der Waals surface area contributed by atoms with E-state index in [1.165, 1.54) is 0 Å². The van der Waals surface area contributed by atoms with Crippen molar-refractivity contribution < 1.29 is 9.47 Å². The summed E-state index contributed by atoms with van der Waals surface area (Å²) in [6.45, 7) is 7.45. The summed E-state index contributed by atoms with van der Waals surface area (Å²) in [7, 11) is 0. The predicted molar refractivity (Wildman–Crippen MR) is 91.0 cm³/mol. The van der Waals surface area contributed by atoms with E-state index in [-0.39, 0.29) is 0 Å². The molecule has 0 spiro atoms. The number of benzene rings is 1. The minimum atomic E-state index is 0.430. The second-order valence-electron chi connectivity index (χ2n) is 4.78. The van der Waals surface area contributed by atoms with Gasteiger partial charge in [-0.25, -0.2) is 0 Å². The van der Waals surface area contributed by atoms with E-state index >= 15 is 0 Å². The van der Waals surface area contributed by atoms with Crippen LogP contribution in [0.3, 0.4) is 0 Å². The molecule has 1 aromatic rings. The zero-order valence-electron chi connectivity index (χ0n) is 13.0. The Morgan fingerprint density at radius 3 is 2.76 bits per heavy atom. The molecule has 0 bridgehead atoms. The lowest BCUT2D eigenvalue weighted by atomic mass is 10.2. The van der Waals surface area contributed by atoms with Crippen LogP contribution >= 0.6 is 11.8 Å². The molecule has 1 N–H and O–H groups in total. The number of aliphatic imine (C=N–C) groups is 1. The van der Waals surface area contributed by atoms with Crippen molar-refractivity contribution in [1.82, 2.24) is 0 Å². The molecule has 1 unspecified atom stereocenters. The number of anilines is 1. The van der Waals surface area contributed by atoms with Crippen molar-refractivity contribution in [2.45, 2.75) is 39.7 Å². The van der Waals surface area contributed by atoms with Crippen LogP contribution in [0.5, 0.6) is 11.5 Å². The maximum Gasteiger partial charge on any atom is 0.161 e. The minimum Gasteiger partial charge on any atom is -0.494 e. The Hall–Kier alpha value is -1.36. The predicted octanol–water partition coefficient (Wildman–Crippen LogP) is 4.17. The van der Waals surface area contributed by atoms with Gasteiger partial charge < -0.3 is 14.8 Å². The summed E-state index contributed by atoms with van der Waals surface area (Å²) in [5.74, 6) is 2.79. The Balaban J connectivity index is 2.19. The number of rotatable bonds is 6. The van der Waals surface area contributed by atoms with E-state index in [1.54, 1.807) is 11.8 Å². The van der Waals surface area contributed by atoms with Gasteiger partial charge in [0.25, 0.3) is 0 Å². The van der Waals surface area contributed by atoms with Crippen LogP contribution in [0.15, 0.2) is 23.2 Å². The van der Waals surface area contributed by atoms with E-state index in [2.05, 4.69) is 12.2 Å². The number of ether oxygens (including phenoxy) is 2. The van der Waals surface area contributed by atoms with Crippen molar-refractivity contribution >= 4 is 22.6 Å². The van der Waals surface area contributed by atoms with E-state index in [4.69, 9.17) is 14.5 Å². The normalized spacial score (nSPS) is 18.0. The van der Waals surface area contributed by atoms with Crippen LogP contribution in [-0.4, -0.2) is 30.2 Å². The summed E-state index contributed by atoms with van der Waals surface area (Å²) in [6, 6.07) is 6.29. The number of hydrogen-bond acceptors (Lipinski definition) is 5. The molecule has 0 saturated carbocycles. The molecule has 116 valence electrons. The van der Waals surface area contributed by atoms with Gasteiger partial charge in [-0.2, -0.15) is 0 Å². The lowest BCUT2D eigenvalue weighted by molar-refractivity contribution is 0.332. The molecule has 0 aliphatic carbocycles. The lowest BCUT2D eigenvalue weighted by Gasteiger charge is -2.21. The van der Waals surface area contributed by atoms with Gasteiger partial charge in [0.05, 0.1) is 24.9 Å². The Labute approximate surface area is 131 Å². The molecule has 1 heterocycles. The van der Waals surface area contributed by atoms with Gasteiger partial charge in [-0.05, 0) is 38.8 Å². The molecule has 1 atom stereocenters. The van der Waals surface area contributed by atoms with Crippen LogP contribution in [-0.2, 0) is 0 Å². The minimum absolute atomic E-state index is 0.430. The van der Waals surface area contributed by atoms with Gasteiger partial charge in [0.15, 0.2) is 5.17 Å². The highest BCUT2D eigenvalue weighted by atomic mass is 32.2. The highest BCUT2D eigenvalue weighted by molar-refractivity contribution is 8.14. The first kappa shape index (κ1) is 16.0. The molecular formula is C16H24N2O2S. The molecule has 0 amide bonds. The number of nitrogens with zero attached hydrogens (tertiary/aromatic N) is 1. The van der Waals surface area contributed by atoms with Gasteiger partial charge in [-0.15, -0.1) is 0 Å². The second kappa shape index (κ2) is 8.17. The van der Waals surface area contributed by atoms with Gasteiger partial charge in [-0.1, -0.05) is 18.7 Å². The molecular weight excluding hydrogens is 284 g/mol. The van der Waals surface area contributed by atoms with Crippen molar-refractivity contribution in [3.63, 3.8) is 0 Å². The Kier molecular flexibility index (Phi) is 6.23. The summed E-state index contributed by atoms with van der Waals surface area (Å²) < 4.78 is 11.3. The van der Waals surface area contributed by atoms with Gasteiger partial charge >= 0.3 is 0 Å². The highest BCUT2D eigenvalue weighted by Gasteiger charge is 2.16. The smallest absolute Gasteiger partial charge is 0.161 e. The van der Waals surface area contributed by atoms with Crippen molar-refractivity contribution in [3.05, 3.63) is 18.2 Å². The largest absolute Gasteiger partial charge is 0.494 e.